The molecule has 0 aliphatic carbocycles. The summed E-state index contributed by atoms with van der Waals surface area (Å²) in [5, 5.41) is -0.340. The number of methoxy groups -OCH3 is 1. The lowest BCUT2D eigenvalue weighted by Gasteiger charge is -2.09. The van der Waals surface area contributed by atoms with Gasteiger partial charge in [-0.2, -0.15) is 0 Å². The standard InChI is InChI=1S/C14H14N2O4S/c1-20-14(17)12-8-5-9-15-13(12)21(18,19)16-10-11-6-3-2-4-7-11/h2-9,16H,10H2,1H3. The molecule has 6 nitrogen and oxygen atoms in total. The first kappa shape index (κ1) is 15.1. The molecular weight excluding hydrogens is 292 g/mol. The number of sulfonamides is 1. The van der Waals surface area contributed by atoms with Crippen molar-refractivity contribution in [2.75, 3.05) is 7.11 Å². The van der Waals surface area contributed by atoms with Gasteiger partial charge in [-0.25, -0.2) is 22.9 Å². The van der Waals surface area contributed by atoms with Crippen LogP contribution in [0.25, 0.3) is 0 Å². The van der Waals surface area contributed by atoms with E-state index in [1.54, 1.807) is 12.1 Å². The lowest BCUT2D eigenvalue weighted by Crippen LogP contribution is -2.26. The topological polar surface area (TPSA) is 85.4 Å². The number of hydrogen-bond donors (Lipinski definition) is 1. The maximum atomic E-state index is 12.3. The molecule has 1 heterocycles. The van der Waals surface area contributed by atoms with Gasteiger partial charge in [-0.15, -0.1) is 0 Å². The highest BCUT2D eigenvalue weighted by atomic mass is 32.2. The summed E-state index contributed by atoms with van der Waals surface area (Å²) in [5.74, 6) is -0.747. The van der Waals surface area contributed by atoms with Crippen LogP contribution >= 0.6 is 0 Å². The van der Waals surface area contributed by atoms with E-state index >= 15 is 0 Å². The van der Waals surface area contributed by atoms with Crippen molar-refractivity contribution in [1.82, 2.24) is 9.71 Å². The molecule has 1 N–H and O–H groups in total. The minimum absolute atomic E-state index is 0.0967. The molecule has 0 fully saturated rings. The normalized spacial score (nSPS) is 11.1. The van der Waals surface area contributed by atoms with Crippen molar-refractivity contribution in [3.63, 3.8) is 0 Å². The van der Waals surface area contributed by atoms with E-state index in [-0.39, 0.29) is 17.1 Å². The Morgan fingerprint density at radius 3 is 2.57 bits per heavy atom. The zero-order valence-electron chi connectivity index (χ0n) is 11.3. The second kappa shape index (κ2) is 6.47. The van der Waals surface area contributed by atoms with Crippen molar-refractivity contribution in [1.29, 1.82) is 0 Å². The van der Waals surface area contributed by atoms with Gasteiger partial charge in [0.25, 0.3) is 10.0 Å². The van der Waals surface area contributed by atoms with Gasteiger partial charge in [0.15, 0.2) is 5.03 Å². The van der Waals surface area contributed by atoms with E-state index in [2.05, 4.69) is 14.4 Å². The molecule has 0 radical (unpaired) electrons. The number of esters is 1. The maximum Gasteiger partial charge on any atom is 0.340 e. The van der Waals surface area contributed by atoms with Gasteiger partial charge in [-0.05, 0) is 17.7 Å². The number of nitrogens with zero attached hydrogens (tertiary/aromatic N) is 1. The van der Waals surface area contributed by atoms with Gasteiger partial charge in [-0.3, -0.25) is 0 Å². The fourth-order valence-electron chi connectivity index (χ4n) is 1.71. The van der Waals surface area contributed by atoms with Crippen molar-refractivity contribution < 1.29 is 17.9 Å². The van der Waals surface area contributed by atoms with Gasteiger partial charge in [0.2, 0.25) is 0 Å². The summed E-state index contributed by atoms with van der Waals surface area (Å²) in [7, 11) is -2.72. The summed E-state index contributed by atoms with van der Waals surface area (Å²) in [6.07, 6.45) is 1.31. The molecule has 0 aliphatic rings. The second-order valence-corrected chi connectivity index (χ2v) is 5.84. The minimum atomic E-state index is -3.91. The van der Waals surface area contributed by atoms with Crippen molar-refractivity contribution in [2.24, 2.45) is 0 Å². The van der Waals surface area contributed by atoms with Crippen LogP contribution in [0.5, 0.6) is 0 Å². The number of ether oxygens (including phenoxy) is 1. The lowest BCUT2D eigenvalue weighted by atomic mass is 10.2. The molecule has 0 bridgehead atoms. The molecule has 21 heavy (non-hydrogen) atoms. The zero-order valence-corrected chi connectivity index (χ0v) is 12.1. The Bertz CT molecular complexity index is 730. The number of benzene rings is 1. The van der Waals surface area contributed by atoms with E-state index < -0.39 is 16.0 Å². The number of aromatic nitrogens is 1. The molecule has 0 saturated carbocycles. The van der Waals surface area contributed by atoms with Crippen molar-refractivity contribution in [3.8, 4) is 0 Å². The number of rotatable bonds is 5. The fraction of sp³-hybridized carbons (Fsp3) is 0.143. The van der Waals surface area contributed by atoms with Gasteiger partial charge in [-0.1, -0.05) is 30.3 Å². The van der Waals surface area contributed by atoms with Gasteiger partial charge >= 0.3 is 5.97 Å². The van der Waals surface area contributed by atoms with Crippen LogP contribution in [-0.4, -0.2) is 26.5 Å². The van der Waals surface area contributed by atoms with Gasteiger partial charge < -0.3 is 4.74 Å². The van der Waals surface area contributed by atoms with E-state index in [0.29, 0.717) is 0 Å². The molecule has 0 spiro atoms. The third-order valence-electron chi connectivity index (χ3n) is 2.74. The average molecular weight is 306 g/mol. The highest BCUT2D eigenvalue weighted by Gasteiger charge is 2.24. The van der Waals surface area contributed by atoms with Crippen LogP contribution in [0.3, 0.4) is 0 Å². The minimum Gasteiger partial charge on any atom is -0.465 e. The van der Waals surface area contributed by atoms with Gasteiger partial charge in [0.1, 0.15) is 0 Å². The molecule has 2 aromatic rings. The zero-order chi connectivity index (χ0) is 15.3. The summed E-state index contributed by atoms with van der Waals surface area (Å²) in [4.78, 5) is 15.4. The number of carbonyl (C=O) groups excluding carboxylic acids is 1. The van der Waals surface area contributed by atoms with Crippen LogP contribution in [0.1, 0.15) is 15.9 Å². The van der Waals surface area contributed by atoms with Crippen LogP contribution in [0.2, 0.25) is 0 Å². The summed E-state index contributed by atoms with van der Waals surface area (Å²) in [6, 6.07) is 11.9. The molecule has 0 unspecified atom stereocenters. The van der Waals surface area contributed by atoms with E-state index in [0.717, 1.165) is 5.56 Å². The molecule has 1 aromatic carbocycles. The van der Waals surface area contributed by atoms with Crippen LogP contribution in [0, 0.1) is 0 Å². The largest absolute Gasteiger partial charge is 0.465 e. The van der Waals surface area contributed by atoms with Crippen LogP contribution in [-0.2, 0) is 21.3 Å². The summed E-state index contributed by atoms with van der Waals surface area (Å²) >= 11 is 0. The summed E-state index contributed by atoms with van der Waals surface area (Å²) in [5.41, 5.74) is 0.706. The van der Waals surface area contributed by atoms with Crippen LogP contribution < -0.4 is 4.72 Å². The lowest BCUT2D eigenvalue weighted by molar-refractivity contribution is 0.0595. The molecule has 0 aliphatic heterocycles. The molecular formula is C14H14N2O4S. The maximum absolute atomic E-state index is 12.3. The van der Waals surface area contributed by atoms with Crippen LogP contribution in [0.4, 0.5) is 0 Å². The molecule has 7 heteroatoms. The number of pyridine rings is 1. The van der Waals surface area contributed by atoms with Crippen LogP contribution in [0.15, 0.2) is 53.7 Å². The Balaban J connectivity index is 2.26. The first-order chi connectivity index (χ1) is 10.0. The monoisotopic (exact) mass is 306 g/mol. The third kappa shape index (κ3) is 3.65. The Morgan fingerprint density at radius 2 is 1.90 bits per heavy atom. The molecule has 1 aromatic heterocycles. The molecule has 0 atom stereocenters. The first-order valence-electron chi connectivity index (χ1n) is 6.11. The summed E-state index contributed by atoms with van der Waals surface area (Å²) < 4.78 is 31.5. The Morgan fingerprint density at radius 1 is 1.19 bits per heavy atom. The average Bonchev–Trinajstić information content (AvgIpc) is 2.53. The highest BCUT2D eigenvalue weighted by Crippen LogP contribution is 2.13. The number of nitrogens with one attached hydrogen (secondary N) is 1. The fourth-order valence-corrected chi connectivity index (χ4v) is 2.85. The number of carbonyl (C=O) groups is 1. The Hall–Kier alpha value is -2.25. The van der Waals surface area contributed by atoms with Gasteiger partial charge in [0, 0.05) is 12.7 Å². The molecule has 110 valence electrons. The number of hydrogen-bond acceptors (Lipinski definition) is 5. The van der Waals surface area contributed by atoms with Crippen molar-refractivity contribution >= 4 is 16.0 Å². The predicted molar refractivity (Wildman–Crippen MR) is 76.0 cm³/mol. The highest BCUT2D eigenvalue weighted by molar-refractivity contribution is 7.89. The van der Waals surface area contributed by atoms with E-state index in [1.165, 1.54) is 25.4 Å². The molecule has 2 rings (SSSR count). The van der Waals surface area contributed by atoms with Crippen molar-refractivity contribution in [2.45, 2.75) is 11.6 Å². The van der Waals surface area contributed by atoms with E-state index in [1.807, 2.05) is 18.2 Å². The van der Waals surface area contributed by atoms with E-state index in [9.17, 15) is 13.2 Å². The van der Waals surface area contributed by atoms with Crippen molar-refractivity contribution in [3.05, 3.63) is 59.8 Å². The quantitative estimate of drug-likeness (QED) is 0.843. The molecule has 0 amide bonds. The van der Waals surface area contributed by atoms with Gasteiger partial charge in [0.05, 0.1) is 12.7 Å². The van der Waals surface area contributed by atoms with E-state index in [4.69, 9.17) is 0 Å². The molecule has 0 saturated heterocycles. The third-order valence-corrected chi connectivity index (χ3v) is 4.10. The first-order valence-corrected chi connectivity index (χ1v) is 7.60. The Kier molecular flexibility index (Phi) is 4.66. The second-order valence-electron chi connectivity index (χ2n) is 4.16. The SMILES string of the molecule is COC(=O)c1cccnc1S(=O)(=O)NCc1ccccc1. The predicted octanol–water partition coefficient (Wildman–Crippen LogP) is 1.35. The summed E-state index contributed by atoms with van der Waals surface area (Å²) in [6.45, 7) is 0.111. The smallest absolute Gasteiger partial charge is 0.340 e. The Labute approximate surface area is 122 Å².